The number of benzene rings is 2. The van der Waals surface area contributed by atoms with Crippen LogP contribution in [0, 0.1) is 13.8 Å². The van der Waals surface area contributed by atoms with E-state index in [-0.39, 0.29) is 6.61 Å². The number of hydrogen-bond donors (Lipinski definition) is 1. The summed E-state index contributed by atoms with van der Waals surface area (Å²) in [6, 6.07) is 13.4. The number of fused-ring (bicyclic) bond motifs is 1. The largest absolute Gasteiger partial charge is 0.493 e. The first kappa shape index (κ1) is 24.6. The van der Waals surface area contributed by atoms with Gasteiger partial charge in [-0.15, -0.1) is 0 Å². The number of nitrogens with zero attached hydrogens (tertiary/aromatic N) is 2. The maximum atomic E-state index is 12.5. The van der Waals surface area contributed by atoms with Crippen LogP contribution >= 0.6 is 0 Å². The predicted octanol–water partition coefficient (Wildman–Crippen LogP) is 5.43. The molecule has 3 rings (SSSR count). The molecule has 33 heavy (non-hydrogen) atoms. The molecular formula is C26H34N2O5. The van der Waals surface area contributed by atoms with Crippen molar-refractivity contribution in [3.63, 3.8) is 0 Å². The Morgan fingerprint density at radius 3 is 2.48 bits per heavy atom. The highest BCUT2D eigenvalue weighted by Crippen LogP contribution is 2.29. The van der Waals surface area contributed by atoms with Crippen molar-refractivity contribution in [2.24, 2.45) is 0 Å². The van der Waals surface area contributed by atoms with Gasteiger partial charge in [0.25, 0.3) is 0 Å². The lowest BCUT2D eigenvalue weighted by Crippen LogP contribution is -2.27. The van der Waals surface area contributed by atoms with Crippen molar-refractivity contribution in [3.8, 4) is 11.5 Å². The van der Waals surface area contributed by atoms with Gasteiger partial charge < -0.3 is 19.3 Å². The molecule has 0 saturated heterocycles. The van der Waals surface area contributed by atoms with E-state index in [4.69, 9.17) is 14.2 Å². The van der Waals surface area contributed by atoms with E-state index in [0.29, 0.717) is 30.0 Å². The highest BCUT2D eigenvalue weighted by molar-refractivity contribution is 5.93. The molecule has 0 aliphatic carbocycles. The summed E-state index contributed by atoms with van der Waals surface area (Å²) in [5, 5.41) is 15.5. The first-order valence-corrected chi connectivity index (χ1v) is 11.4. The Labute approximate surface area is 195 Å². The van der Waals surface area contributed by atoms with Crippen LogP contribution in [0.15, 0.2) is 42.5 Å². The molecule has 2 aromatic carbocycles. The van der Waals surface area contributed by atoms with Gasteiger partial charge in [0.15, 0.2) is 0 Å². The van der Waals surface area contributed by atoms with Crippen LogP contribution in [0.4, 0.5) is 4.79 Å². The molecule has 0 fully saturated rings. The SMILES string of the molecule is Cc1ccccc1OCCCC[C@H](O)COc1cccc2c1c(C)nn2C(=O)OC(C)(C)C. The number of ether oxygens (including phenoxy) is 3. The molecule has 1 atom stereocenters. The lowest BCUT2D eigenvalue weighted by Gasteiger charge is -2.19. The smallest absolute Gasteiger partial charge is 0.435 e. The normalized spacial score (nSPS) is 12.5. The third-order valence-corrected chi connectivity index (χ3v) is 5.12. The standard InChI is InChI=1S/C26H34N2O5/c1-18-11-6-7-14-22(18)31-16-9-8-12-20(29)17-32-23-15-10-13-21-24(23)19(2)27-28(21)25(30)33-26(3,4)5/h6-7,10-11,13-15,20,29H,8-9,12,16-17H2,1-5H3/t20-/m0/s1. The Kier molecular flexibility index (Phi) is 7.97. The Bertz CT molecular complexity index is 1080. The van der Waals surface area contributed by atoms with E-state index in [1.165, 1.54) is 4.68 Å². The number of aryl methyl sites for hydroxylation is 2. The van der Waals surface area contributed by atoms with Gasteiger partial charge in [0.1, 0.15) is 23.7 Å². The molecular weight excluding hydrogens is 420 g/mol. The highest BCUT2D eigenvalue weighted by atomic mass is 16.6. The first-order valence-electron chi connectivity index (χ1n) is 11.4. The monoisotopic (exact) mass is 454 g/mol. The lowest BCUT2D eigenvalue weighted by molar-refractivity contribution is 0.0522. The van der Waals surface area contributed by atoms with E-state index >= 15 is 0 Å². The Hall–Kier alpha value is -3.06. The van der Waals surface area contributed by atoms with Crippen molar-refractivity contribution < 1.29 is 24.1 Å². The number of carbonyl (C=O) groups is 1. The van der Waals surface area contributed by atoms with Crippen LogP contribution in [-0.4, -0.2) is 45.9 Å². The molecule has 1 aromatic heterocycles. The second kappa shape index (κ2) is 10.7. The molecule has 0 spiro atoms. The van der Waals surface area contributed by atoms with Crippen LogP contribution in [0.1, 0.15) is 51.3 Å². The van der Waals surface area contributed by atoms with E-state index < -0.39 is 17.8 Å². The highest BCUT2D eigenvalue weighted by Gasteiger charge is 2.22. The van der Waals surface area contributed by atoms with E-state index in [0.717, 1.165) is 29.5 Å². The Balaban J connectivity index is 1.52. The molecule has 0 aliphatic heterocycles. The molecule has 0 aliphatic rings. The number of aliphatic hydroxyl groups is 1. The van der Waals surface area contributed by atoms with Gasteiger partial charge in [-0.25, -0.2) is 4.79 Å². The van der Waals surface area contributed by atoms with Gasteiger partial charge in [-0.05, 0) is 77.6 Å². The summed E-state index contributed by atoms with van der Waals surface area (Å²) in [5.74, 6) is 1.48. The number of rotatable bonds is 9. The summed E-state index contributed by atoms with van der Waals surface area (Å²) < 4.78 is 18.4. The van der Waals surface area contributed by atoms with Gasteiger partial charge in [-0.2, -0.15) is 9.78 Å². The van der Waals surface area contributed by atoms with Gasteiger partial charge in [0, 0.05) is 0 Å². The Morgan fingerprint density at radius 1 is 1.03 bits per heavy atom. The van der Waals surface area contributed by atoms with Gasteiger partial charge >= 0.3 is 6.09 Å². The second-order valence-corrected chi connectivity index (χ2v) is 9.20. The number of hydrogen-bond acceptors (Lipinski definition) is 6. The topological polar surface area (TPSA) is 82.8 Å². The minimum atomic E-state index is -0.619. The fraction of sp³-hybridized carbons (Fsp3) is 0.462. The fourth-order valence-corrected chi connectivity index (χ4v) is 3.53. The van der Waals surface area contributed by atoms with Gasteiger partial charge in [-0.1, -0.05) is 24.3 Å². The zero-order valence-corrected chi connectivity index (χ0v) is 20.1. The Morgan fingerprint density at radius 2 is 1.76 bits per heavy atom. The molecule has 1 heterocycles. The minimum absolute atomic E-state index is 0.162. The van der Waals surface area contributed by atoms with Crippen LogP contribution in [0.3, 0.4) is 0 Å². The molecule has 0 amide bonds. The zero-order valence-electron chi connectivity index (χ0n) is 20.1. The van der Waals surface area contributed by atoms with E-state index in [1.807, 2.05) is 65.0 Å². The zero-order chi connectivity index (χ0) is 24.0. The number of carbonyl (C=O) groups excluding carboxylic acids is 1. The van der Waals surface area contributed by atoms with Crippen LogP contribution in [0.5, 0.6) is 11.5 Å². The summed E-state index contributed by atoms with van der Waals surface area (Å²) in [6.45, 7) is 10.1. The molecule has 0 saturated carbocycles. The maximum Gasteiger partial charge on any atom is 0.435 e. The van der Waals surface area contributed by atoms with Crippen molar-refractivity contribution in [1.82, 2.24) is 9.78 Å². The summed E-state index contributed by atoms with van der Waals surface area (Å²) in [6.07, 6.45) is 1.16. The predicted molar refractivity (Wildman–Crippen MR) is 128 cm³/mol. The van der Waals surface area contributed by atoms with Crippen molar-refractivity contribution >= 4 is 17.0 Å². The molecule has 7 nitrogen and oxygen atoms in total. The maximum absolute atomic E-state index is 12.5. The third-order valence-electron chi connectivity index (χ3n) is 5.12. The summed E-state index contributed by atoms with van der Waals surface area (Å²) in [7, 11) is 0. The summed E-state index contributed by atoms with van der Waals surface area (Å²) in [5.41, 5.74) is 1.77. The fourth-order valence-electron chi connectivity index (χ4n) is 3.53. The third kappa shape index (κ3) is 6.71. The molecule has 178 valence electrons. The van der Waals surface area contributed by atoms with E-state index in [1.54, 1.807) is 12.1 Å². The average molecular weight is 455 g/mol. The number of para-hydroxylation sites is 1. The van der Waals surface area contributed by atoms with Crippen LogP contribution < -0.4 is 9.47 Å². The van der Waals surface area contributed by atoms with Gasteiger partial charge in [-0.3, -0.25) is 0 Å². The summed E-state index contributed by atoms with van der Waals surface area (Å²) >= 11 is 0. The van der Waals surface area contributed by atoms with Crippen molar-refractivity contribution in [3.05, 3.63) is 53.7 Å². The number of aromatic nitrogens is 2. The second-order valence-electron chi connectivity index (χ2n) is 9.20. The first-order chi connectivity index (χ1) is 15.7. The van der Waals surface area contributed by atoms with Crippen molar-refractivity contribution in [1.29, 1.82) is 0 Å². The average Bonchev–Trinajstić information content (AvgIpc) is 3.09. The van der Waals surface area contributed by atoms with Gasteiger partial charge in [0.2, 0.25) is 0 Å². The van der Waals surface area contributed by atoms with Crippen molar-refractivity contribution in [2.45, 2.75) is 65.6 Å². The summed E-state index contributed by atoms with van der Waals surface area (Å²) in [4.78, 5) is 12.5. The molecule has 3 aromatic rings. The lowest BCUT2D eigenvalue weighted by atomic mass is 10.1. The molecule has 0 radical (unpaired) electrons. The number of aliphatic hydroxyl groups excluding tert-OH is 1. The number of unbranched alkanes of at least 4 members (excludes halogenated alkanes) is 1. The minimum Gasteiger partial charge on any atom is -0.493 e. The molecule has 0 unspecified atom stereocenters. The molecule has 7 heteroatoms. The van der Waals surface area contributed by atoms with Crippen LogP contribution in [-0.2, 0) is 4.74 Å². The molecule has 1 N–H and O–H groups in total. The van der Waals surface area contributed by atoms with Crippen LogP contribution in [0.25, 0.3) is 10.9 Å². The van der Waals surface area contributed by atoms with Gasteiger partial charge in [0.05, 0.1) is 29.3 Å². The van der Waals surface area contributed by atoms with E-state index in [2.05, 4.69) is 5.10 Å². The van der Waals surface area contributed by atoms with Crippen LogP contribution in [0.2, 0.25) is 0 Å². The van der Waals surface area contributed by atoms with E-state index in [9.17, 15) is 9.90 Å². The quantitative estimate of drug-likeness (QED) is 0.435. The molecule has 0 bridgehead atoms. The van der Waals surface area contributed by atoms with Crippen molar-refractivity contribution in [2.75, 3.05) is 13.2 Å².